The molecular weight excluding hydrogens is 1050 g/mol. The van der Waals surface area contributed by atoms with Crippen LogP contribution in [0.2, 0.25) is 0 Å². The van der Waals surface area contributed by atoms with Crippen LogP contribution in [0.3, 0.4) is 0 Å². The van der Waals surface area contributed by atoms with Crippen molar-refractivity contribution in [2.45, 2.75) is 11.2 Å². The Morgan fingerprint density at radius 3 is 1.04 bits per heavy atom. The Labute approximate surface area is 480 Å². The number of nitrogens with zero attached hydrogens (tertiary/aromatic N) is 2. The first-order valence-corrected chi connectivity index (χ1v) is 30.7. The minimum absolute atomic E-state index is 0.190. The first-order chi connectivity index (χ1) is 39.1. The molecule has 14 aromatic rings. The molecule has 0 fully saturated rings. The summed E-state index contributed by atoms with van der Waals surface area (Å²) in [5, 5.41) is 12.1. The molecule has 0 N–H and O–H groups in total. The third-order valence-electron chi connectivity index (χ3n) is 15.4. The highest BCUT2D eigenvalue weighted by molar-refractivity contribution is 8.03. The molecular formula is C72H48N2S5. The molecule has 2 nitrogen and oxygen atoms in total. The van der Waals surface area contributed by atoms with E-state index in [4.69, 9.17) is 0 Å². The highest BCUT2D eigenvalue weighted by Gasteiger charge is 2.38. The number of benzene rings is 10. The summed E-state index contributed by atoms with van der Waals surface area (Å²) in [5.41, 5.74) is 9.48. The monoisotopic (exact) mass is 1100 g/mol. The zero-order valence-corrected chi connectivity index (χ0v) is 46.8. The summed E-state index contributed by atoms with van der Waals surface area (Å²) in [6, 6.07) is 98.4. The number of anilines is 6. The maximum atomic E-state index is 2.45. The van der Waals surface area contributed by atoms with Crippen molar-refractivity contribution in [2.24, 2.45) is 0 Å². The molecule has 0 aliphatic carbocycles. The van der Waals surface area contributed by atoms with Crippen LogP contribution in [0.15, 0.2) is 278 Å². The lowest BCUT2D eigenvalue weighted by Gasteiger charge is -2.31. The van der Waals surface area contributed by atoms with Gasteiger partial charge in [-0.25, -0.2) is 0 Å². The molecule has 7 heteroatoms. The Balaban J connectivity index is 0.686. The molecule has 15 rings (SSSR count). The number of allylic oxidation sites excluding steroid dienone is 1. The summed E-state index contributed by atoms with van der Waals surface area (Å²) >= 11 is 9.52. The lowest BCUT2D eigenvalue weighted by molar-refractivity contribution is 0.787. The molecule has 5 heterocycles. The molecule has 1 aliphatic rings. The molecule has 1 unspecified atom stereocenters. The molecule has 0 bridgehead atoms. The van der Waals surface area contributed by atoms with Crippen molar-refractivity contribution < 1.29 is 0 Å². The zero-order valence-electron chi connectivity index (χ0n) is 42.7. The van der Waals surface area contributed by atoms with Gasteiger partial charge in [-0.2, -0.15) is 0 Å². The summed E-state index contributed by atoms with van der Waals surface area (Å²) in [6.07, 6.45) is 3.29. The van der Waals surface area contributed by atoms with Gasteiger partial charge in [0.1, 0.15) is 0 Å². The maximum absolute atomic E-state index is 2.45. The van der Waals surface area contributed by atoms with Gasteiger partial charge in [0, 0.05) is 71.9 Å². The van der Waals surface area contributed by atoms with Crippen LogP contribution in [0.5, 0.6) is 0 Å². The number of fused-ring (bicyclic) bond motifs is 4. The molecule has 0 spiro atoms. The first kappa shape index (κ1) is 47.9. The molecule has 10 aromatic carbocycles. The van der Waals surface area contributed by atoms with Crippen LogP contribution >= 0.6 is 57.1 Å². The Hall–Kier alpha value is -8.27. The number of hydrogen-bond acceptors (Lipinski definition) is 7. The van der Waals surface area contributed by atoms with E-state index in [1.807, 2.05) is 57.1 Å². The Kier molecular flexibility index (Phi) is 12.2. The van der Waals surface area contributed by atoms with Gasteiger partial charge in [-0.1, -0.05) is 176 Å². The fraction of sp³-hybridized carbons (Fsp3) is 0.0278. The Morgan fingerprint density at radius 1 is 0.291 bits per heavy atom. The fourth-order valence-electron chi connectivity index (χ4n) is 11.5. The van der Waals surface area contributed by atoms with E-state index in [0.717, 1.165) is 29.2 Å². The molecule has 1 atom stereocenters. The summed E-state index contributed by atoms with van der Waals surface area (Å²) in [5.74, 6) is 0. The van der Waals surface area contributed by atoms with E-state index in [9.17, 15) is 0 Å². The number of thioether (sulfide) groups is 1. The molecule has 0 amide bonds. The third-order valence-corrected chi connectivity index (χ3v) is 22.0. The maximum Gasteiger partial charge on any atom is 0.0825 e. The van der Waals surface area contributed by atoms with E-state index in [1.54, 1.807) is 0 Å². The average molecular weight is 1100 g/mol. The number of hydrogen-bond donors (Lipinski definition) is 0. The van der Waals surface area contributed by atoms with Crippen LogP contribution in [0.1, 0.15) is 16.9 Å². The van der Waals surface area contributed by atoms with Crippen molar-refractivity contribution in [1.82, 2.24) is 0 Å². The van der Waals surface area contributed by atoms with E-state index in [1.165, 1.54) is 105 Å². The molecule has 376 valence electrons. The van der Waals surface area contributed by atoms with Crippen molar-refractivity contribution in [2.75, 3.05) is 9.80 Å². The Morgan fingerprint density at radius 2 is 0.633 bits per heavy atom. The van der Waals surface area contributed by atoms with Crippen LogP contribution in [0.4, 0.5) is 34.1 Å². The van der Waals surface area contributed by atoms with Gasteiger partial charge in [-0.05, 0) is 142 Å². The van der Waals surface area contributed by atoms with Crippen LogP contribution in [0.25, 0.3) is 82.8 Å². The largest absolute Gasteiger partial charge is 0.309 e. The van der Waals surface area contributed by atoms with Gasteiger partial charge >= 0.3 is 0 Å². The smallest absolute Gasteiger partial charge is 0.0825 e. The normalized spacial score (nSPS) is 14.2. The topological polar surface area (TPSA) is 6.48 Å². The minimum Gasteiger partial charge on any atom is -0.309 e. The molecule has 0 saturated heterocycles. The first-order valence-electron chi connectivity index (χ1n) is 26.6. The zero-order chi connectivity index (χ0) is 52.3. The third kappa shape index (κ3) is 8.61. The molecule has 4 aromatic heterocycles. The van der Waals surface area contributed by atoms with Gasteiger partial charge in [0.05, 0.1) is 27.5 Å². The van der Waals surface area contributed by atoms with Gasteiger partial charge in [-0.3, -0.25) is 0 Å². The summed E-state index contributed by atoms with van der Waals surface area (Å²) in [4.78, 5) is 15.3. The van der Waals surface area contributed by atoms with Crippen LogP contribution in [0, 0.1) is 0 Å². The predicted octanol–water partition coefficient (Wildman–Crippen LogP) is 23.0. The molecule has 1 aliphatic heterocycles. The van der Waals surface area contributed by atoms with Gasteiger partial charge in [0.25, 0.3) is 0 Å². The SMILES string of the molecule is C1=CSC(c2ccc(N(c3cccc4ccccc34)c3cccc4ccccc34)cc2)(c2ccc(-c3ccc(-c4ccc(-c5ccc(-c6ccc(N(c7cccc8ccccc78)c7cccc8ccccc78)cc6)s5)s4)s3)s2)C1. The second-order valence-electron chi connectivity index (χ2n) is 19.9. The van der Waals surface area contributed by atoms with Crippen molar-refractivity contribution in [3.05, 3.63) is 289 Å². The standard InChI is InChI=1S/C72H48N2S5/c1-5-22-56-48(14-1)18-9-26-60(56)73(61-27-10-19-49-15-2-6-23-57(49)61)54-34-30-52(31-35-54)64-38-39-65(76-64)66-40-41-67(77-66)68-42-43-69(78-68)70-44-45-71(79-70)72(46-13-47-75-72)53-32-36-55(37-33-53)74(62-28-11-20-50-16-3-7-24-58(50)62)63-29-12-21-51-17-4-8-25-59(51)63/h1-45,47H,46H2. The van der Waals surface area contributed by atoms with E-state index in [2.05, 4.69) is 288 Å². The van der Waals surface area contributed by atoms with Gasteiger partial charge in [0.2, 0.25) is 0 Å². The van der Waals surface area contributed by atoms with E-state index in [0.29, 0.717) is 0 Å². The molecule has 0 saturated carbocycles. The summed E-state index contributed by atoms with van der Waals surface area (Å²) in [6.45, 7) is 0. The second-order valence-corrected chi connectivity index (χ2v) is 25.5. The van der Waals surface area contributed by atoms with Gasteiger partial charge < -0.3 is 9.80 Å². The van der Waals surface area contributed by atoms with E-state index in [-0.39, 0.29) is 4.75 Å². The second kappa shape index (κ2) is 20.2. The minimum atomic E-state index is -0.190. The average Bonchev–Trinajstić information content (AvgIpc) is 4.52. The number of rotatable bonds is 12. The summed E-state index contributed by atoms with van der Waals surface area (Å²) < 4.78 is -0.190. The quantitative estimate of drug-likeness (QED) is 0.120. The molecule has 0 radical (unpaired) electrons. The predicted molar refractivity (Wildman–Crippen MR) is 348 cm³/mol. The van der Waals surface area contributed by atoms with E-state index >= 15 is 0 Å². The highest BCUT2D eigenvalue weighted by atomic mass is 32.2. The van der Waals surface area contributed by atoms with Crippen molar-refractivity contribution in [1.29, 1.82) is 0 Å². The number of thiophene rings is 4. The van der Waals surface area contributed by atoms with Crippen LogP contribution in [-0.2, 0) is 4.75 Å². The van der Waals surface area contributed by atoms with Crippen molar-refractivity contribution in [3.8, 4) is 39.7 Å². The van der Waals surface area contributed by atoms with Gasteiger partial charge in [0.15, 0.2) is 0 Å². The lowest BCUT2D eigenvalue weighted by Crippen LogP contribution is -2.19. The highest BCUT2D eigenvalue weighted by Crippen LogP contribution is 2.55. The molecule has 79 heavy (non-hydrogen) atoms. The van der Waals surface area contributed by atoms with Crippen LogP contribution < -0.4 is 9.80 Å². The Bertz CT molecular complexity index is 4400. The fourth-order valence-corrected chi connectivity index (χ4v) is 17.3. The van der Waals surface area contributed by atoms with Crippen molar-refractivity contribution >= 4 is 134 Å². The van der Waals surface area contributed by atoms with E-state index < -0.39 is 0 Å². The summed E-state index contributed by atoms with van der Waals surface area (Å²) in [7, 11) is 0. The van der Waals surface area contributed by atoms with Crippen molar-refractivity contribution in [3.63, 3.8) is 0 Å². The van der Waals surface area contributed by atoms with Gasteiger partial charge in [-0.15, -0.1) is 57.1 Å². The lowest BCUT2D eigenvalue weighted by atomic mass is 9.92. The van der Waals surface area contributed by atoms with Crippen LogP contribution in [-0.4, -0.2) is 0 Å².